The molecule has 1 aliphatic carbocycles. The van der Waals surface area contributed by atoms with Gasteiger partial charge in [-0.15, -0.1) is 0 Å². The van der Waals surface area contributed by atoms with Gasteiger partial charge < -0.3 is 4.90 Å². The molecule has 1 saturated heterocycles. The summed E-state index contributed by atoms with van der Waals surface area (Å²) in [7, 11) is 0. The average Bonchev–Trinajstić information content (AvgIpc) is 2.86. The van der Waals surface area contributed by atoms with Crippen molar-refractivity contribution in [2.75, 3.05) is 13.1 Å². The van der Waals surface area contributed by atoms with Gasteiger partial charge in [-0.25, -0.2) is 0 Å². The molecule has 3 rings (SSSR count). The third-order valence-electron chi connectivity index (χ3n) is 3.83. The van der Waals surface area contributed by atoms with Crippen LogP contribution in [0.15, 0.2) is 18.5 Å². The number of amides is 1. The van der Waals surface area contributed by atoms with Crippen molar-refractivity contribution in [3.8, 4) is 0 Å². The molecule has 4 nitrogen and oxygen atoms in total. The fraction of sp³-hybridized carbons (Fsp3) is 0.667. The lowest BCUT2D eigenvalue weighted by atomic mass is 9.84. The zero-order valence-corrected chi connectivity index (χ0v) is 9.38. The SMILES string of the molecule is O=C(C1CCC1)N1CCC(n2cccn2)C1. The molecule has 1 aliphatic heterocycles. The van der Waals surface area contributed by atoms with Crippen LogP contribution < -0.4 is 0 Å². The van der Waals surface area contributed by atoms with Gasteiger partial charge in [-0.1, -0.05) is 6.42 Å². The first-order chi connectivity index (χ1) is 7.84. The summed E-state index contributed by atoms with van der Waals surface area (Å²) in [4.78, 5) is 14.1. The standard InChI is InChI=1S/C12H17N3O/c16-12(10-3-1-4-10)14-8-5-11(9-14)15-7-2-6-13-15/h2,6-7,10-11H,1,3-5,8-9H2. The predicted molar refractivity (Wildman–Crippen MR) is 59.8 cm³/mol. The van der Waals surface area contributed by atoms with Gasteiger partial charge in [0.2, 0.25) is 5.91 Å². The Morgan fingerprint density at radius 1 is 1.31 bits per heavy atom. The Labute approximate surface area is 95.2 Å². The van der Waals surface area contributed by atoms with E-state index < -0.39 is 0 Å². The van der Waals surface area contributed by atoms with Crippen molar-refractivity contribution in [3.05, 3.63) is 18.5 Å². The third kappa shape index (κ3) is 1.62. The summed E-state index contributed by atoms with van der Waals surface area (Å²) in [5.74, 6) is 0.706. The van der Waals surface area contributed by atoms with Crippen molar-refractivity contribution in [2.24, 2.45) is 5.92 Å². The lowest BCUT2D eigenvalue weighted by Gasteiger charge is -2.29. The second kappa shape index (κ2) is 3.92. The molecule has 16 heavy (non-hydrogen) atoms. The number of carbonyl (C=O) groups excluding carboxylic acids is 1. The first-order valence-electron chi connectivity index (χ1n) is 6.12. The molecule has 2 fully saturated rings. The highest BCUT2D eigenvalue weighted by molar-refractivity contribution is 5.79. The van der Waals surface area contributed by atoms with Crippen LogP contribution in [0.3, 0.4) is 0 Å². The second-order valence-electron chi connectivity index (χ2n) is 4.84. The number of likely N-dealkylation sites (tertiary alicyclic amines) is 1. The Hall–Kier alpha value is -1.32. The van der Waals surface area contributed by atoms with Crippen molar-refractivity contribution >= 4 is 5.91 Å². The maximum atomic E-state index is 12.0. The van der Waals surface area contributed by atoms with Gasteiger partial charge in [-0.05, 0) is 25.3 Å². The van der Waals surface area contributed by atoms with Gasteiger partial charge in [0.25, 0.3) is 0 Å². The van der Waals surface area contributed by atoms with E-state index in [0.29, 0.717) is 17.9 Å². The van der Waals surface area contributed by atoms with Crippen molar-refractivity contribution in [1.29, 1.82) is 0 Å². The minimum atomic E-state index is 0.330. The largest absolute Gasteiger partial charge is 0.340 e. The lowest BCUT2D eigenvalue weighted by Crippen LogP contribution is -2.37. The van der Waals surface area contributed by atoms with E-state index in [9.17, 15) is 4.79 Å². The Morgan fingerprint density at radius 2 is 2.19 bits per heavy atom. The van der Waals surface area contributed by atoms with Crippen LogP contribution in [0.2, 0.25) is 0 Å². The van der Waals surface area contributed by atoms with Gasteiger partial charge in [-0.2, -0.15) is 5.10 Å². The fourth-order valence-corrected chi connectivity index (χ4v) is 2.57. The maximum absolute atomic E-state index is 12.0. The van der Waals surface area contributed by atoms with E-state index in [-0.39, 0.29) is 0 Å². The van der Waals surface area contributed by atoms with Crippen molar-refractivity contribution in [2.45, 2.75) is 31.7 Å². The molecule has 0 radical (unpaired) electrons. The Bertz CT molecular complexity index is 370. The van der Waals surface area contributed by atoms with Crippen LogP contribution in [0.1, 0.15) is 31.7 Å². The van der Waals surface area contributed by atoms with Crippen molar-refractivity contribution in [3.63, 3.8) is 0 Å². The summed E-state index contributed by atoms with van der Waals surface area (Å²) in [6.45, 7) is 1.75. The molecular weight excluding hydrogens is 202 g/mol. The van der Waals surface area contributed by atoms with E-state index in [1.165, 1.54) is 6.42 Å². The van der Waals surface area contributed by atoms with Crippen LogP contribution >= 0.6 is 0 Å². The number of aromatic nitrogens is 2. The minimum Gasteiger partial charge on any atom is -0.340 e. The van der Waals surface area contributed by atoms with Crippen molar-refractivity contribution in [1.82, 2.24) is 14.7 Å². The molecule has 4 heteroatoms. The molecule has 1 atom stereocenters. The summed E-state index contributed by atoms with van der Waals surface area (Å²) < 4.78 is 1.98. The summed E-state index contributed by atoms with van der Waals surface area (Å²) >= 11 is 0. The quantitative estimate of drug-likeness (QED) is 0.755. The monoisotopic (exact) mass is 219 g/mol. The van der Waals surface area contributed by atoms with Gasteiger partial charge >= 0.3 is 0 Å². The molecule has 1 amide bonds. The van der Waals surface area contributed by atoms with Gasteiger partial charge in [-0.3, -0.25) is 9.48 Å². The molecule has 1 aromatic rings. The van der Waals surface area contributed by atoms with Crippen LogP contribution in [0.4, 0.5) is 0 Å². The summed E-state index contributed by atoms with van der Waals surface area (Å²) in [6, 6.07) is 2.33. The molecule has 1 aromatic heterocycles. The summed E-state index contributed by atoms with van der Waals surface area (Å²) in [5.41, 5.74) is 0. The fourth-order valence-electron chi connectivity index (χ4n) is 2.57. The van der Waals surface area contributed by atoms with E-state index in [1.54, 1.807) is 6.20 Å². The van der Waals surface area contributed by atoms with Crippen LogP contribution in [-0.4, -0.2) is 33.7 Å². The molecule has 2 aliphatic rings. The zero-order chi connectivity index (χ0) is 11.0. The van der Waals surface area contributed by atoms with Crippen LogP contribution in [0, 0.1) is 5.92 Å². The molecule has 1 unspecified atom stereocenters. The highest BCUT2D eigenvalue weighted by Gasteiger charge is 2.34. The molecule has 0 bridgehead atoms. The van der Waals surface area contributed by atoms with E-state index in [1.807, 2.05) is 21.8 Å². The number of hydrogen-bond donors (Lipinski definition) is 0. The van der Waals surface area contributed by atoms with E-state index >= 15 is 0 Å². The maximum Gasteiger partial charge on any atom is 0.225 e. The number of rotatable bonds is 2. The number of hydrogen-bond acceptors (Lipinski definition) is 2. The van der Waals surface area contributed by atoms with E-state index in [2.05, 4.69) is 5.10 Å². The first kappa shape index (κ1) is 9.87. The highest BCUT2D eigenvalue weighted by Crippen LogP contribution is 2.31. The van der Waals surface area contributed by atoms with Gasteiger partial charge in [0, 0.05) is 31.4 Å². The topological polar surface area (TPSA) is 38.1 Å². The van der Waals surface area contributed by atoms with E-state index in [0.717, 1.165) is 32.4 Å². The van der Waals surface area contributed by atoms with Crippen molar-refractivity contribution < 1.29 is 4.79 Å². The van der Waals surface area contributed by atoms with Crippen LogP contribution in [-0.2, 0) is 4.79 Å². The molecule has 0 aromatic carbocycles. The molecule has 1 saturated carbocycles. The lowest BCUT2D eigenvalue weighted by molar-refractivity contribution is -0.137. The molecule has 0 spiro atoms. The van der Waals surface area contributed by atoms with Gasteiger partial charge in [0.15, 0.2) is 0 Å². The Balaban J connectivity index is 1.62. The summed E-state index contributed by atoms with van der Waals surface area (Å²) in [6.07, 6.45) is 8.26. The molecular formula is C12H17N3O. The molecule has 86 valence electrons. The number of nitrogens with zero attached hydrogens (tertiary/aromatic N) is 3. The first-order valence-corrected chi connectivity index (χ1v) is 6.12. The predicted octanol–water partition coefficient (Wildman–Crippen LogP) is 1.46. The minimum absolute atomic E-state index is 0.330. The van der Waals surface area contributed by atoms with Crippen LogP contribution in [0.5, 0.6) is 0 Å². The second-order valence-corrected chi connectivity index (χ2v) is 4.84. The Morgan fingerprint density at radius 3 is 2.81 bits per heavy atom. The molecule has 2 heterocycles. The smallest absolute Gasteiger partial charge is 0.225 e. The van der Waals surface area contributed by atoms with Gasteiger partial charge in [0.1, 0.15) is 0 Å². The zero-order valence-electron chi connectivity index (χ0n) is 9.38. The highest BCUT2D eigenvalue weighted by atomic mass is 16.2. The third-order valence-corrected chi connectivity index (χ3v) is 3.83. The number of carbonyl (C=O) groups is 1. The normalized spacial score (nSPS) is 25.8. The molecule has 0 N–H and O–H groups in total. The Kier molecular flexibility index (Phi) is 2.42. The van der Waals surface area contributed by atoms with Crippen LogP contribution in [0.25, 0.3) is 0 Å². The van der Waals surface area contributed by atoms with E-state index in [4.69, 9.17) is 0 Å². The average molecular weight is 219 g/mol. The summed E-state index contributed by atoms with van der Waals surface area (Å²) in [5, 5.41) is 4.25. The van der Waals surface area contributed by atoms with Gasteiger partial charge in [0.05, 0.1) is 6.04 Å².